The van der Waals surface area contributed by atoms with Crippen molar-refractivity contribution in [1.29, 1.82) is 0 Å². The van der Waals surface area contributed by atoms with Gasteiger partial charge in [-0.3, -0.25) is 4.79 Å². The van der Waals surface area contributed by atoms with Crippen LogP contribution in [0.1, 0.15) is 21.7 Å². The van der Waals surface area contributed by atoms with Gasteiger partial charge in [0.25, 0.3) is 5.91 Å². The largest absolute Gasteiger partial charge is 0.352 e. The maximum absolute atomic E-state index is 12.1. The molecular weight excluding hydrogens is 262 g/mol. The van der Waals surface area contributed by atoms with Gasteiger partial charge in [0.15, 0.2) is 0 Å². The van der Waals surface area contributed by atoms with Crippen molar-refractivity contribution in [3.63, 3.8) is 0 Å². The molecule has 0 aliphatic carbocycles. The number of aryl methyl sites for hydroxylation is 1. The molecule has 4 heteroatoms. The molecule has 0 atom stereocenters. The highest BCUT2D eigenvalue weighted by molar-refractivity contribution is 5.97. The van der Waals surface area contributed by atoms with E-state index in [4.69, 9.17) is 0 Å². The summed E-state index contributed by atoms with van der Waals surface area (Å²) in [6, 6.07) is 15.6. The monoisotopic (exact) mass is 279 g/mol. The van der Waals surface area contributed by atoms with E-state index in [-0.39, 0.29) is 5.91 Å². The molecule has 1 aromatic heterocycles. The number of H-pyrrole nitrogens is 1. The van der Waals surface area contributed by atoms with Gasteiger partial charge in [0.05, 0.1) is 11.0 Å². The molecule has 1 amide bonds. The molecule has 3 rings (SSSR count). The molecule has 1 heterocycles. The zero-order valence-electron chi connectivity index (χ0n) is 11.9. The lowest BCUT2D eigenvalue weighted by Crippen LogP contribution is -2.25. The number of hydrogen-bond donors (Lipinski definition) is 2. The first kappa shape index (κ1) is 13.4. The molecule has 0 spiro atoms. The molecule has 0 saturated heterocycles. The summed E-state index contributed by atoms with van der Waals surface area (Å²) in [6.45, 7) is 2.53. The molecule has 21 heavy (non-hydrogen) atoms. The third-order valence-corrected chi connectivity index (χ3v) is 3.40. The summed E-state index contributed by atoms with van der Waals surface area (Å²) in [5.74, 6) is 0.798. The number of amides is 1. The van der Waals surface area contributed by atoms with Crippen LogP contribution in [0, 0.1) is 6.92 Å². The lowest BCUT2D eigenvalue weighted by atomic mass is 10.1. The quantitative estimate of drug-likeness (QED) is 0.771. The molecule has 0 fully saturated rings. The second-order valence-corrected chi connectivity index (χ2v) is 5.05. The van der Waals surface area contributed by atoms with E-state index in [0.717, 1.165) is 23.3 Å². The second kappa shape index (κ2) is 5.79. The van der Waals surface area contributed by atoms with Gasteiger partial charge in [-0.1, -0.05) is 30.3 Å². The molecule has 0 bridgehead atoms. The van der Waals surface area contributed by atoms with Crippen LogP contribution in [0.5, 0.6) is 0 Å². The maximum atomic E-state index is 12.1. The number of fused-ring (bicyclic) bond motifs is 1. The first-order valence-corrected chi connectivity index (χ1v) is 7.01. The van der Waals surface area contributed by atoms with E-state index < -0.39 is 0 Å². The Morgan fingerprint density at radius 3 is 2.81 bits per heavy atom. The van der Waals surface area contributed by atoms with Crippen LogP contribution in [-0.2, 0) is 6.42 Å². The van der Waals surface area contributed by atoms with Crippen molar-refractivity contribution in [2.45, 2.75) is 13.3 Å². The van der Waals surface area contributed by atoms with Crippen LogP contribution in [0.3, 0.4) is 0 Å². The van der Waals surface area contributed by atoms with Crippen molar-refractivity contribution in [1.82, 2.24) is 15.3 Å². The van der Waals surface area contributed by atoms with E-state index in [1.807, 2.05) is 37.3 Å². The minimum Gasteiger partial charge on any atom is -0.352 e. The minimum absolute atomic E-state index is 0.0555. The van der Waals surface area contributed by atoms with Crippen molar-refractivity contribution in [2.75, 3.05) is 6.54 Å². The molecule has 4 nitrogen and oxygen atoms in total. The number of benzene rings is 2. The molecule has 3 aromatic rings. The average Bonchev–Trinajstić information content (AvgIpc) is 2.87. The second-order valence-electron chi connectivity index (χ2n) is 5.05. The minimum atomic E-state index is -0.0555. The Morgan fingerprint density at radius 1 is 1.19 bits per heavy atom. The predicted octanol–water partition coefficient (Wildman–Crippen LogP) is 2.84. The number of nitrogens with zero attached hydrogens (tertiary/aromatic N) is 1. The number of hydrogen-bond acceptors (Lipinski definition) is 2. The fourth-order valence-electron chi connectivity index (χ4n) is 2.35. The van der Waals surface area contributed by atoms with Gasteiger partial charge in [0.2, 0.25) is 0 Å². The Labute approximate surface area is 123 Å². The Morgan fingerprint density at radius 2 is 2.00 bits per heavy atom. The van der Waals surface area contributed by atoms with Gasteiger partial charge in [0.1, 0.15) is 5.82 Å². The van der Waals surface area contributed by atoms with E-state index in [1.54, 1.807) is 6.07 Å². The Bertz CT molecular complexity index is 762. The standard InChI is InChI=1S/C17H17N3O/c1-12-19-15-8-7-14(11-16(15)20-12)17(21)18-10-9-13-5-3-2-4-6-13/h2-8,11H,9-10H2,1H3,(H,18,21)(H,19,20). The van der Waals surface area contributed by atoms with Crippen molar-refractivity contribution < 1.29 is 4.79 Å². The van der Waals surface area contributed by atoms with Crippen molar-refractivity contribution in [3.05, 3.63) is 65.5 Å². The SMILES string of the molecule is Cc1nc2ccc(C(=O)NCCc3ccccc3)cc2[nH]1. The van der Waals surface area contributed by atoms with E-state index >= 15 is 0 Å². The number of nitrogens with one attached hydrogen (secondary N) is 2. The summed E-state index contributed by atoms with van der Waals surface area (Å²) in [6.07, 6.45) is 0.831. The van der Waals surface area contributed by atoms with Crippen molar-refractivity contribution >= 4 is 16.9 Å². The molecule has 0 saturated carbocycles. The van der Waals surface area contributed by atoms with E-state index in [0.29, 0.717) is 12.1 Å². The highest BCUT2D eigenvalue weighted by Crippen LogP contribution is 2.13. The summed E-state index contributed by atoms with van der Waals surface area (Å²) in [7, 11) is 0. The number of rotatable bonds is 4. The third kappa shape index (κ3) is 3.11. The Balaban J connectivity index is 1.63. The number of imidazole rings is 1. The highest BCUT2D eigenvalue weighted by Gasteiger charge is 2.07. The van der Waals surface area contributed by atoms with Crippen LogP contribution in [0.25, 0.3) is 11.0 Å². The topological polar surface area (TPSA) is 57.8 Å². The Kier molecular flexibility index (Phi) is 3.69. The van der Waals surface area contributed by atoms with Gasteiger partial charge in [-0.15, -0.1) is 0 Å². The number of aromatic amines is 1. The van der Waals surface area contributed by atoms with Crippen LogP contribution in [0.15, 0.2) is 48.5 Å². The van der Waals surface area contributed by atoms with Gasteiger partial charge in [-0.05, 0) is 37.1 Å². The molecule has 0 aliphatic rings. The lowest BCUT2D eigenvalue weighted by molar-refractivity contribution is 0.0954. The number of carbonyl (C=O) groups excluding carboxylic acids is 1. The van der Waals surface area contributed by atoms with Gasteiger partial charge < -0.3 is 10.3 Å². The molecule has 2 aromatic carbocycles. The van der Waals surface area contributed by atoms with Crippen LogP contribution in [0.2, 0.25) is 0 Å². The number of aromatic nitrogens is 2. The number of carbonyl (C=O) groups is 1. The van der Waals surface area contributed by atoms with Crippen molar-refractivity contribution in [2.24, 2.45) is 0 Å². The summed E-state index contributed by atoms with van der Waals surface area (Å²) in [5.41, 5.74) is 3.65. The highest BCUT2D eigenvalue weighted by atomic mass is 16.1. The fourth-order valence-corrected chi connectivity index (χ4v) is 2.35. The van der Waals surface area contributed by atoms with Crippen LogP contribution >= 0.6 is 0 Å². The molecular formula is C17H17N3O. The first-order chi connectivity index (χ1) is 10.2. The summed E-state index contributed by atoms with van der Waals surface area (Å²) >= 11 is 0. The smallest absolute Gasteiger partial charge is 0.251 e. The normalized spacial score (nSPS) is 10.7. The van der Waals surface area contributed by atoms with Crippen molar-refractivity contribution in [3.8, 4) is 0 Å². The van der Waals surface area contributed by atoms with Crippen LogP contribution < -0.4 is 5.32 Å². The van der Waals surface area contributed by atoms with E-state index in [9.17, 15) is 4.79 Å². The van der Waals surface area contributed by atoms with E-state index in [1.165, 1.54) is 5.56 Å². The third-order valence-electron chi connectivity index (χ3n) is 3.40. The van der Waals surface area contributed by atoms with Gasteiger partial charge in [-0.25, -0.2) is 4.98 Å². The maximum Gasteiger partial charge on any atom is 0.251 e. The van der Waals surface area contributed by atoms with Crippen LogP contribution in [-0.4, -0.2) is 22.4 Å². The first-order valence-electron chi connectivity index (χ1n) is 7.01. The molecule has 0 aliphatic heterocycles. The zero-order chi connectivity index (χ0) is 14.7. The predicted molar refractivity (Wildman–Crippen MR) is 83.3 cm³/mol. The van der Waals surface area contributed by atoms with Gasteiger partial charge in [-0.2, -0.15) is 0 Å². The van der Waals surface area contributed by atoms with E-state index in [2.05, 4.69) is 27.4 Å². The Hall–Kier alpha value is -2.62. The molecule has 0 radical (unpaired) electrons. The van der Waals surface area contributed by atoms with Crippen LogP contribution in [0.4, 0.5) is 0 Å². The zero-order valence-corrected chi connectivity index (χ0v) is 11.9. The van der Waals surface area contributed by atoms with Gasteiger partial charge >= 0.3 is 0 Å². The lowest BCUT2D eigenvalue weighted by Gasteiger charge is -2.05. The molecule has 106 valence electrons. The summed E-state index contributed by atoms with van der Waals surface area (Å²) in [4.78, 5) is 19.6. The molecule has 2 N–H and O–H groups in total. The molecule has 0 unspecified atom stereocenters. The fraction of sp³-hybridized carbons (Fsp3) is 0.176. The summed E-state index contributed by atoms with van der Waals surface area (Å²) < 4.78 is 0. The summed E-state index contributed by atoms with van der Waals surface area (Å²) in [5, 5.41) is 2.95. The average molecular weight is 279 g/mol. The van der Waals surface area contributed by atoms with Gasteiger partial charge in [0, 0.05) is 12.1 Å².